The number of rotatable bonds is 0. The summed E-state index contributed by atoms with van der Waals surface area (Å²) >= 11 is 0. The van der Waals surface area contributed by atoms with Gasteiger partial charge in [0.25, 0.3) is 0 Å². The fourth-order valence-corrected chi connectivity index (χ4v) is 0.511. The molecule has 1 aliphatic heterocycles. The topological polar surface area (TPSA) is 29.5 Å². The zero-order chi connectivity index (χ0) is 5.82. The fourth-order valence-electron chi connectivity index (χ4n) is 0.511. The van der Waals surface area contributed by atoms with Crippen LogP contribution in [-0.4, -0.2) is 11.4 Å². The minimum Gasteiger partial charge on any atom is -0.469 e. The highest BCUT2D eigenvalue weighted by Gasteiger charge is 1.94. The molecular formula is C6H8O2. The summed E-state index contributed by atoms with van der Waals surface area (Å²) in [7, 11) is 0. The maximum atomic E-state index is 8.73. The minimum absolute atomic E-state index is 0.742. The van der Waals surface area contributed by atoms with Crippen molar-refractivity contribution in [3.05, 3.63) is 24.5 Å². The lowest BCUT2D eigenvalue weighted by atomic mass is 10.4. The number of aliphatic hydroxyl groups excluding tert-OH is 1. The Morgan fingerprint density at radius 1 is 1.50 bits per heavy atom. The Morgan fingerprint density at radius 2 is 2.38 bits per heavy atom. The SMILES string of the molecule is OC1C=CCC=CO1. The summed E-state index contributed by atoms with van der Waals surface area (Å²) in [5, 5.41) is 8.73. The highest BCUT2D eigenvalue weighted by molar-refractivity contribution is 4.95. The maximum Gasteiger partial charge on any atom is 0.216 e. The van der Waals surface area contributed by atoms with Gasteiger partial charge in [-0.2, -0.15) is 0 Å². The third kappa shape index (κ3) is 1.39. The minimum atomic E-state index is -0.742. The van der Waals surface area contributed by atoms with Crippen LogP contribution < -0.4 is 0 Å². The van der Waals surface area contributed by atoms with Crippen molar-refractivity contribution in [2.75, 3.05) is 0 Å². The molecule has 1 aliphatic rings. The van der Waals surface area contributed by atoms with Crippen LogP contribution in [0.2, 0.25) is 0 Å². The van der Waals surface area contributed by atoms with Gasteiger partial charge in [0, 0.05) is 0 Å². The van der Waals surface area contributed by atoms with E-state index in [0.717, 1.165) is 6.42 Å². The number of hydrogen-bond donors (Lipinski definition) is 1. The van der Waals surface area contributed by atoms with E-state index in [1.807, 2.05) is 12.2 Å². The largest absolute Gasteiger partial charge is 0.469 e. The summed E-state index contributed by atoms with van der Waals surface area (Å²) in [4.78, 5) is 0. The normalized spacial score (nSPS) is 26.9. The van der Waals surface area contributed by atoms with Gasteiger partial charge >= 0.3 is 0 Å². The molecule has 0 aromatic carbocycles. The zero-order valence-electron chi connectivity index (χ0n) is 4.45. The first-order valence-corrected chi connectivity index (χ1v) is 2.55. The summed E-state index contributed by atoms with van der Waals surface area (Å²) in [5.74, 6) is 0. The van der Waals surface area contributed by atoms with Gasteiger partial charge in [-0.05, 0) is 18.6 Å². The fraction of sp³-hybridized carbons (Fsp3) is 0.333. The molecule has 0 aromatic heterocycles. The average Bonchev–Trinajstić information content (AvgIpc) is 1.94. The standard InChI is InChI=1S/C6H8O2/c7-6-4-2-1-3-5-8-6/h2-7H,1H2. The molecule has 0 bridgehead atoms. The molecule has 2 nitrogen and oxygen atoms in total. The Labute approximate surface area is 48.1 Å². The maximum absolute atomic E-state index is 8.73. The number of aliphatic hydroxyl groups is 1. The van der Waals surface area contributed by atoms with Gasteiger partial charge in [-0.15, -0.1) is 0 Å². The molecule has 0 aliphatic carbocycles. The molecule has 0 fully saturated rings. The van der Waals surface area contributed by atoms with Crippen molar-refractivity contribution >= 4 is 0 Å². The van der Waals surface area contributed by atoms with Gasteiger partial charge in [0.05, 0.1) is 6.26 Å². The summed E-state index contributed by atoms with van der Waals surface area (Å²) < 4.78 is 4.69. The number of ether oxygens (including phenoxy) is 1. The summed E-state index contributed by atoms with van der Waals surface area (Å²) in [6.45, 7) is 0. The van der Waals surface area contributed by atoms with E-state index in [2.05, 4.69) is 0 Å². The van der Waals surface area contributed by atoms with Crippen LogP contribution in [0.4, 0.5) is 0 Å². The van der Waals surface area contributed by atoms with E-state index < -0.39 is 6.29 Å². The van der Waals surface area contributed by atoms with E-state index >= 15 is 0 Å². The van der Waals surface area contributed by atoms with Crippen LogP contribution in [0, 0.1) is 0 Å². The predicted octanol–water partition coefficient (Wildman–Crippen LogP) is 0.795. The van der Waals surface area contributed by atoms with Gasteiger partial charge in [0.15, 0.2) is 0 Å². The molecule has 0 aromatic rings. The molecule has 1 heterocycles. The Bertz CT molecular complexity index is 116. The van der Waals surface area contributed by atoms with Gasteiger partial charge < -0.3 is 9.84 Å². The molecule has 1 N–H and O–H groups in total. The average molecular weight is 112 g/mol. The van der Waals surface area contributed by atoms with E-state index in [9.17, 15) is 0 Å². The van der Waals surface area contributed by atoms with E-state index in [1.165, 1.54) is 6.26 Å². The van der Waals surface area contributed by atoms with Crippen LogP contribution in [0.1, 0.15) is 6.42 Å². The smallest absolute Gasteiger partial charge is 0.216 e. The van der Waals surface area contributed by atoms with Crippen LogP contribution in [-0.2, 0) is 4.74 Å². The van der Waals surface area contributed by atoms with Crippen molar-refractivity contribution < 1.29 is 9.84 Å². The lowest BCUT2D eigenvalue weighted by Crippen LogP contribution is -2.01. The third-order valence-electron chi connectivity index (χ3n) is 0.887. The van der Waals surface area contributed by atoms with Crippen LogP contribution in [0.15, 0.2) is 24.5 Å². The molecule has 1 unspecified atom stereocenters. The lowest BCUT2D eigenvalue weighted by molar-refractivity contribution is -0.0103. The first-order valence-electron chi connectivity index (χ1n) is 2.55. The molecule has 0 amide bonds. The molecule has 0 saturated carbocycles. The van der Waals surface area contributed by atoms with E-state index in [1.54, 1.807) is 6.08 Å². The Hall–Kier alpha value is -0.760. The van der Waals surface area contributed by atoms with Gasteiger partial charge in [-0.3, -0.25) is 0 Å². The molecule has 2 heteroatoms. The summed E-state index contributed by atoms with van der Waals surface area (Å²) in [5.41, 5.74) is 0. The molecule has 1 atom stereocenters. The molecular weight excluding hydrogens is 104 g/mol. The third-order valence-corrected chi connectivity index (χ3v) is 0.887. The van der Waals surface area contributed by atoms with E-state index in [0.29, 0.717) is 0 Å². The number of allylic oxidation sites excluding steroid dienone is 2. The van der Waals surface area contributed by atoms with Crippen molar-refractivity contribution in [3.8, 4) is 0 Å². The lowest BCUT2D eigenvalue weighted by Gasteiger charge is -2.00. The van der Waals surface area contributed by atoms with Crippen molar-refractivity contribution in [2.24, 2.45) is 0 Å². The Balaban J connectivity index is 2.48. The Kier molecular flexibility index (Phi) is 1.70. The van der Waals surface area contributed by atoms with Gasteiger partial charge in [0.2, 0.25) is 6.29 Å². The van der Waals surface area contributed by atoms with E-state index in [4.69, 9.17) is 9.84 Å². The molecule has 0 spiro atoms. The Morgan fingerprint density at radius 3 is 3.25 bits per heavy atom. The molecule has 8 heavy (non-hydrogen) atoms. The second-order valence-electron chi connectivity index (χ2n) is 1.56. The highest BCUT2D eigenvalue weighted by atomic mass is 16.6. The monoisotopic (exact) mass is 112 g/mol. The molecule has 44 valence electrons. The zero-order valence-corrected chi connectivity index (χ0v) is 4.45. The van der Waals surface area contributed by atoms with Gasteiger partial charge in [-0.25, -0.2) is 0 Å². The van der Waals surface area contributed by atoms with Crippen molar-refractivity contribution in [2.45, 2.75) is 12.7 Å². The first kappa shape index (κ1) is 5.38. The van der Waals surface area contributed by atoms with Crippen molar-refractivity contribution in [3.63, 3.8) is 0 Å². The van der Waals surface area contributed by atoms with Gasteiger partial charge in [0.1, 0.15) is 0 Å². The quantitative estimate of drug-likeness (QED) is 0.469. The van der Waals surface area contributed by atoms with Crippen LogP contribution in [0.3, 0.4) is 0 Å². The van der Waals surface area contributed by atoms with Crippen LogP contribution in [0.25, 0.3) is 0 Å². The second kappa shape index (κ2) is 2.52. The van der Waals surface area contributed by atoms with Gasteiger partial charge in [-0.1, -0.05) is 6.08 Å². The van der Waals surface area contributed by atoms with Crippen LogP contribution in [0.5, 0.6) is 0 Å². The number of hydrogen-bond acceptors (Lipinski definition) is 2. The van der Waals surface area contributed by atoms with Crippen LogP contribution >= 0.6 is 0 Å². The molecule has 0 saturated heterocycles. The summed E-state index contributed by atoms with van der Waals surface area (Å²) in [6.07, 6.45) is 6.91. The van der Waals surface area contributed by atoms with Crippen molar-refractivity contribution in [1.82, 2.24) is 0 Å². The van der Waals surface area contributed by atoms with E-state index in [-0.39, 0.29) is 0 Å². The molecule has 1 rings (SSSR count). The highest BCUT2D eigenvalue weighted by Crippen LogP contribution is 1.98. The first-order chi connectivity index (χ1) is 3.89. The predicted molar refractivity (Wildman–Crippen MR) is 30.0 cm³/mol. The van der Waals surface area contributed by atoms with Crippen molar-refractivity contribution in [1.29, 1.82) is 0 Å². The second-order valence-corrected chi connectivity index (χ2v) is 1.56. The summed E-state index contributed by atoms with van der Waals surface area (Å²) in [6, 6.07) is 0. The molecule has 0 radical (unpaired) electrons.